The first-order chi connectivity index (χ1) is 6.02. The summed E-state index contributed by atoms with van der Waals surface area (Å²) in [5, 5.41) is 0. The Bertz CT molecular complexity index is 254. The van der Waals surface area contributed by atoms with E-state index in [0.717, 1.165) is 24.8 Å². The summed E-state index contributed by atoms with van der Waals surface area (Å²) in [7, 11) is 0. The number of rotatable bonds is 5. The second-order valence-electron chi connectivity index (χ2n) is 3.81. The SMILES string of the molecule is C=C(C)C(CC1CC1)C(=O)C(N)=O. The third kappa shape index (κ3) is 2.68. The van der Waals surface area contributed by atoms with Crippen molar-refractivity contribution in [3.8, 4) is 0 Å². The Labute approximate surface area is 78.0 Å². The van der Waals surface area contributed by atoms with Gasteiger partial charge in [0.15, 0.2) is 0 Å². The molecule has 0 saturated heterocycles. The van der Waals surface area contributed by atoms with Crippen LogP contribution in [-0.2, 0) is 9.59 Å². The average molecular weight is 181 g/mol. The minimum atomic E-state index is -0.839. The van der Waals surface area contributed by atoms with Crippen LogP contribution in [0.3, 0.4) is 0 Å². The lowest BCUT2D eigenvalue weighted by molar-refractivity contribution is -0.137. The molecule has 3 nitrogen and oxygen atoms in total. The van der Waals surface area contributed by atoms with Crippen LogP contribution in [0, 0.1) is 11.8 Å². The van der Waals surface area contributed by atoms with Crippen LogP contribution in [-0.4, -0.2) is 11.7 Å². The molecule has 0 aromatic carbocycles. The van der Waals surface area contributed by atoms with E-state index in [9.17, 15) is 9.59 Å². The highest BCUT2D eigenvalue weighted by molar-refractivity contribution is 6.36. The zero-order chi connectivity index (χ0) is 10.0. The minimum absolute atomic E-state index is 0.343. The van der Waals surface area contributed by atoms with Crippen molar-refractivity contribution in [2.24, 2.45) is 17.6 Å². The number of amides is 1. The summed E-state index contributed by atoms with van der Waals surface area (Å²) in [6.45, 7) is 5.48. The number of carbonyl (C=O) groups is 2. The monoisotopic (exact) mass is 181 g/mol. The largest absolute Gasteiger partial charge is 0.363 e. The normalized spacial score (nSPS) is 17.9. The van der Waals surface area contributed by atoms with E-state index in [1.165, 1.54) is 0 Å². The molecule has 3 heteroatoms. The van der Waals surface area contributed by atoms with Gasteiger partial charge in [-0.2, -0.15) is 0 Å². The van der Waals surface area contributed by atoms with Gasteiger partial charge >= 0.3 is 0 Å². The number of hydrogen-bond donors (Lipinski definition) is 1. The van der Waals surface area contributed by atoms with E-state index < -0.39 is 11.7 Å². The molecular weight excluding hydrogens is 166 g/mol. The lowest BCUT2D eigenvalue weighted by Crippen LogP contribution is -2.30. The predicted molar refractivity (Wildman–Crippen MR) is 49.8 cm³/mol. The highest BCUT2D eigenvalue weighted by Gasteiger charge is 2.31. The molecule has 0 aromatic rings. The van der Waals surface area contributed by atoms with Crippen LogP contribution >= 0.6 is 0 Å². The average Bonchev–Trinajstić information content (AvgIpc) is 2.81. The Morgan fingerprint density at radius 3 is 2.38 bits per heavy atom. The third-order valence-corrected chi connectivity index (χ3v) is 2.42. The number of allylic oxidation sites excluding steroid dienone is 1. The van der Waals surface area contributed by atoms with E-state index in [-0.39, 0.29) is 5.92 Å². The first-order valence-corrected chi connectivity index (χ1v) is 4.51. The van der Waals surface area contributed by atoms with Crippen LogP contribution in [0.2, 0.25) is 0 Å². The molecule has 72 valence electrons. The highest BCUT2D eigenvalue weighted by atomic mass is 16.2. The summed E-state index contributed by atoms with van der Waals surface area (Å²) in [6.07, 6.45) is 3.07. The number of nitrogens with two attached hydrogens (primary N) is 1. The Balaban J connectivity index is 2.59. The van der Waals surface area contributed by atoms with Crippen molar-refractivity contribution in [1.82, 2.24) is 0 Å². The van der Waals surface area contributed by atoms with Gasteiger partial charge in [0.05, 0.1) is 0 Å². The molecule has 2 N–H and O–H groups in total. The molecule has 1 saturated carbocycles. The van der Waals surface area contributed by atoms with E-state index in [2.05, 4.69) is 6.58 Å². The molecule has 0 heterocycles. The molecule has 1 aliphatic rings. The maximum Gasteiger partial charge on any atom is 0.285 e. The van der Waals surface area contributed by atoms with Gasteiger partial charge in [-0.15, -0.1) is 0 Å². The van der Waals surface area contributed by atoms with Crippen molar-refractivity contribution in [3.63, 3.8) is 0 Å². The second-order valence-corrected chi connectivity index (χ2v) is 3.81. The molecular formula is C10H15NO2. The fourth-order valence-electron chi connectivity index (χ4n) is 1.39. The van der Waals surface area contributed by atoms with Crippen LogP contribution < -0.4 is 5.73 Å². The number of hydrogen-bond acceptors (Lipinski definition) is 2. The Kier molecular flexibility index (Phi) is 2.86. The van der Waals surface area contributed by atoms with Crippen molar-refractivity contribution < 1.29 is 9.59 Å². The van der Waals surface area contributed by atoms with Gasteiger partial charge < -0.3 is 5.73 Å². The fourth-order valence-corrected chi connectivity index (χ4v) is 1.39. The maximum absolute atomic E-state index is 11.3. The molecule has 0 aromatic heterocycles. The summed E-state index contributed by atoms with van der Waals surface area (Å²) in [5.74, 6) is -1.07. The first-order valence-electron chi connectivity index (χ1n) is 4.51. The molecule has 0 spiro atoms. The van der Waals surface area contributed by atoms with Crippen molar-refractivity contribution in [2.45, 2.75) is 26.2 Å². The van der Waals surface area contributed by atoms with E-state index in [1.54, 1.807) is 6.92 Å². The van der Waals surface area contributed by atoms with Crippen molar-refractivity contribution >= 4 is 11.7 Å². The predicted octanol–water partition coefficient (Wildman–Crippen LogP) is 1.03. The van der Waals surface area contributed by atoms with Crippen LogP contribution in [0.5, 0.6) is 0 Å². The number of ketones is 1. The zero-order valence-electron chi connectivity index (χ0n) is 7.88. The van der Waals surface area contributed by atoms with E-state index >= 15 is 0 Å². The molecule has 1 rings (SSSR count). The zero-order valence-corrected chi connectivity index (χ0v) is 7.88. The van der Waals surface area contributed by atoms with Crippen LogP contribution in [0.15, 0.2) is 12.2 Å². The van der Waals surface area contributed by atoms with Crippen molar-refractivity contribution in [1.29, 1.82) is 0 Å². The number of carbonyl (C=O) groups excluding carboxylic acids is 2. The number of Topliss-reactive ketones (excluding diaryl/α,β-unsaturated/α-hetero) is 1. The Morgan fingerprint density at radius 2 is 2.08 bits per heavy atom. The quantitative estimate of drug-likeness (QED) is 0.508. The molecule has 0 radical (unpaired) electrons. The van der Waals surface area contributed by atoms with Gasteiger partial charge in [0.2, 0.25) is 5.78 Å². The molecule has 1 unspecified atom stereocenters. The van der Waals surface area contributed by atoms with Gasteiger partial charge in [-0.05, 0) is 19.3 Å². The van der Waals surface area contributed by atoms with Crippen molar-refractivity contribution in [3.05, 3.63) is 12.2 Å². The van der Waals surface area contributed by atoms with Gasteiger partial charge in [-0.1, -0.05) is 25.0 Å². The highest BCUT2D eigenvalue weighted by Crippen LogP contribution is 2.37. The third-order valence-electron chi connectivity index (χ3n) is 2.42. The smallest absolute Gasteiger partial charge is 0.285 e. The van der Waals surface area contributed by atoms with Crippen LogP contribution in [0.25, 0.3) is 0 Å². The molecule has 1 amide bonds. The maximum atomic E-state index is 11.3. The molecule has 1 atom stereocenters. The van der Waals surface area contributed by atoms with Gasteiger partial charge in [0.25, 0.3) is 5.91 Å². The van der Waals surface area contributed by atoms with Gasteiger partial charge in [0, 0.05) is 5.92 Å². The summed E-state index contributed by atoms with van der Waals surface area (Å²) in [4.78, 5) is 22.0. The lowest BCUT2D eigenvalue weighted by atomic mass is 9.91. The summed E-state index contributed by atoms with van der Waals surface area (Å²) < 4.78 is 0. The van der Waals surface area contributed by atoms with E-state index in [1.807, 2.05) is 0 Å². The number of primary amides is 1. The summed E-state index contributed by atoms with van der Waals surface area (Å²) >= 11 is 0. The van der Waals surface area contributed by atoms with E-state index in [4.69, 9.17) is 5.73 Å². The molecule has 13 heavy (non-hydrogen) atoms. The van der Waals surface area contributed by atoms with Crippen LogP contribution in [0.4, 0.5) is 0 Å². The second kappa shape index (κ2) is 3.73. The molecule has 1 aliphatic carbocycles. The van der Waals surface area contributed by atoms with Crippen LogP contribution in [0.1, 0.15) is 26.2 Å². The molecule has 1 fully saturated rings. The summed E-state index contributed by atoms with van der Waals surface area (Å²) in [5.41, 5.74) is 5.69. The first kappa shape index (κ1) is 9.96. The summed E-state index contributed by atoms with van der Waals surface area (Å²) in [6, 6.07) is 0. The molecule has 0 bridgehead atoms. The topological polar surface area (TPSA) is 60.2 Å². The van der Waals surface area contributed by atoms with Crippen molar-refractivity contribution in [2.75, 3.05) is 0 Å². The fraction of sp³-hybridized carbons (Fsp3) is 0.600. The standard InChI is InChI=1S/C10H15NO2/c1-6(2)8(5-7-3-4-7)9(12)10(11)13/h7-8H,1,3-5H2,2H3,(H2,11,13). The molecule has 0 aliphatic heterocycles. The van der Waals surface area contributed by atoms with E-state index in [0.29, 0.717) is 5.92 Å². The Hall–Kier alpha value is -1.12. The van der Waals surface area contributed by atoms with Gasteiger partial charge in [-0.25, -0.2) is 0 Å². The van der Waals surface area contributed by atoms with Gasteiger partial charge in [-0.3, -0.25) is 9.59 Å². The lowest BCUT2D eigenvalue weighted by Gasteiger charge is -2.12. The minimum Gasteiger partial charge on any atom is -0.363 e. The Morgan fingerprint density at radius 1 is 1.54 bits per heavy atom. The van der Waals surface area contributed by atoms with Gasteiger partial charge in [0.1, 0.15) is 0 Å².